The van der Waals surface area contributed by atoms with Crippen molar-refractivity contribution in [1.29, 1.82) is 0 Å². The van der Waals surface area contributed by atoms with Gasteiger partial charge in [-0.25, -0.2) is 4.98 Å². The van der Waals surface area contributed by atoms with Crippen LogP contribution in [0.3, 0.4) is 0 Å². The van der Waals surface area contributed by atoms with Crippen LogP contribution in [0.1, 0.15) is 31.4 Å². The number of rotatable bonds is 2. The summed E-state index contributed by atoms with van der Waals surface area (Å²) in [7, 11) is 1.94. The Labute approximate surface area is 91.1 Å². The maximum atomic E-state index is 5.71. The Kier molecular flexibility index (Phi) is 3.26. The number of anilines is 1. The third-order valence-electron chi connectivity index (χ3n) is 3.05. The van der Waals surface area contributed by atoms with Gasteiger partial charge in [-0.1, -0.05) is 12.8 Å². The van der Waals surface area contributed by atoms with Crippen LogP contribution < -0.4 is 5.73 Å². The van der Waals surface area contributed by atoms with Crippen molar-refractivity contribution in [3.63, 3.8) is 0 Å². The van der Waals surface area contributed by atoms with Crippen molar-refractivity contribution in [2.45, 2.75) is 32.2 Å². The van der Waals surface area contributed by atoms with Crippen molar-refractivity contribution >= 4 is 5.95 Å². The summed E-state index contributed by atoms with van der Waals surface area (Å²) < 4.78 is 1.88. The van der Waals surface area contributed by atoms with Gasteiger partial charge in [0.1, 0.15) is 0 Å². The van der Waals surface area contributed by atoms with E-state index in [0.29, 0.717) is 5.95 Å². The fraction of sp³-hybridized carbons (Fsp3) is 0.727. The molecule has 1 aromatic rings. The molecule has 84 valence electrons. The van der Waals surface area contributed by atoms with E-state index in [1.807, 2.05) is 17.8 Å². The lowest BCUT2D eigenvalue weighted by atomic mass is 10.2. The average Bonchev–Trinajstić information content (AvgIpc) is 2.45. The van der Waals surface area contributed by atoms with Crippen LogP contribution in [0.4, 0.5) is 5.95 Å². The molecule has 0 aromatic carbocycles. The van der Waals surface area contributed by atoms with Gasteiger partial charge in [-0.3, -0.25) is 4.90 Å². The number of nitrogen functional groups attached to an aromatic ring is 1. The normalized spacial score (nSPS) is 19.0. The summed E-state index contributed by atoms with van der Waals surface area (Å²) in [4.78, 5) is 6.81. The number of aryl methyl sites for hydroxylation is 1. The molecule has 2 rings (SSSR count). The molecular formula is C11H20N4. The van der Waals surface area contributed by atoms with Gasteiger partial charge in [0.25, 0.3) is 0 Å². The minimum Gasteiger partial charge on any atom is -0.369 e. The zero-order valence-electron chi connectivity index (χ0n) is 9.45. The zero-order chi connectivity index (χ0) is 10.7. The molecule has 1 aliphatic heterocycles. The molecule has 1 saturated heterocycles. The van der Waals surface area contributed by atoms with Gasteiger partial charge in [0.15, 0.2) is 5.95 Å². The average molecular weight is 208 g/mol. The van der Waals surface area contributed by atoms with Gasteiger partial charge in [-0.15, -0.1) is 0 Å². The molecule has 2 N–H and O–H groups in total. The van der Waals surface area contributed by atoms with Crippen molar-refractivity contribution < 1.29 is 0 Å². The maximum absolute atomic E-state index is 5.71. The van der Waals surface area contributed by atoms with E-state index in [2.05, 4.69) is 9.88 Å². The monoisotopic (exact) mass is 208 g/mol. The highest BCUT2D eigenvalue weighted by Crippen LogP contribution is 2.13. The highest BCUT2D eigenvalue weighted by molar-refractivity contribution is 5.21. The van der Waals surface area contributed by atoms with Crippen molar-refractivity contribution in [2.75, 3.05) is 18.8 Å². The van der Waals surface area contributed by atoms with Gasteiger partial charge < -0.3 is 10.3 Å². The van der Waals surface area contributed by atoms with E-state index in [1.165, 1.54) is 38.8 Å². The zero-order valence-corrected chi connectivity index (χ0v) is 9.45. The van der Waals surface area contributed by atoms with Crippen LogP contribution >= 0.6 is 0 Å². The number of nitrogens with two attached hydrogens (primary N) is 1. The van der Waals surface area contributed by atoms with Gasteiger partial charge >= 0.3 is 0 Å². The SMILES string of the molecule is Cn1cc(CN2CCCCCC2)nc1N. The minimum absolute atomic E-state index is 0.611. The van der Waals surface area contributed by atoms with Crippen LogP contribution in [0, 0.1) is 0 Å². The second kappa shape index (κ2) is 4.66. The number of imidazole rings is 1. The molecule has 0 aliphatic carbocycles. The number of aromatic nitrogens is 2. The smallest absolute Gasteiger partial charge is 0.200 e. The van der Waals surface area contributed by atoms with E-state index in [1.54, 1.807) is 0 Å². The molecule has 0 amide bonds. The van der Waals surface area contributed by atoms with E-state index in [-0.39, 0.29) is 0 Å². The van der Waals surface area contributed by atoms with Gasteiger partial charge in [0, 0.05) is 19.8 Å². The molecule has 1 fully saturated rings. The van der Waals surface area contributed by atoms with Crippen LogP contribution in [-0.2, 0) is 13.6 Å². The Morgan fingerprint density at radius 2 is 1.93 bits per heavy atom. The van der Waals surface area contributed by atoms with Gasteiger partial charge in [0.2, 0.25) is 0 Å². The summed E-state index contributed by atoms with van der Waals surface area (Å²) in [5.74, 6) is 0.611. The molecule has 4 nitrogen and oxygen atoms in total. The highest BCUT2D eigenvalue weighted by atomic mass is 15.2. The Balaban J connectivity index is 1.95. The molecule has 0 radical (unpaired) electrons. The van der Waals surface area contributed by atoms with Crippen molar-refractivity contribution in [1.82, 2.24) is 14.5 Å². The van der Waals surface area contributed by atoms with E-state index >= 15 is 0 Å². The van der Waals surface area contributed by atoms with Crippen LogP contribution in [0.2, 0.25) is 0 Å². The third kappa shape index (κ3) is 2.72. The van der Waals surface area contributed by atoms with Gasteiger partial charge in [-0.2, -0.15) is 0 Å². The molecular weight excluding hydrogens is 188 g/mol. The Morgan fingerprint density at radius 1 is 1.27 bits per heavy atom. The first kappa shape index (κ1) is 10.5. The van der Waals surface area contributed by atoms with E-state index in [0.717, 1.165) is 12.2 Å². The van der Waals surface area contributed by atoms with Crippen LogP contribution in [0.25, 0.3) is 0 Å². The first-order chi connectivity index (χ1) is 7.25. The van der Waals surface area contributed by atoms with E-state index in [9.17, 15) is 0 Å². The minimum atomic E-state index is 0.611. The molecule has 2 heterocycles. The Hall–Kier alpha value is -1.03. The van der Waals surface area contributed by atoms with Crippen LogP contribution in [0.15, 0.2) is 6.20 Å². The summed E-state index contributed by atoms with van der Waals surface area (Å²) in [5.41, 5.74) is 6.80. The first-order valence-electron chi connectivity index (χ1n) is 5.76. The lowest BCUT2D eigenvalue weighted by Crippen LogP contribution is -2.24. The molecule has 0 bridgehead atoms. The highest BCUT2D eigenvalue weighted by Gasteiger charge is 2.11. The van der Waals surface area contributed by atoms with E-state index < -0.39 is 0 Å². The van der Waals surface area contributed by atoms with Gasteiger partial charge in [-0.05, 0) is 25.9 Å². The lowest BCUT2D eigenvalue weighted by molar-refractivity contribution is 0.274. The fourth-order valence-electron chi connectivity index (χ4n) is 2.14. The Morgan fingerprint density at radius 3 is 2.47 bits per heavy atom. The van der Waals surface area contributed by atoms with Gasteiger partial charge in [0.05, 0.1) is 5.69 Å². The summed E-state index contributed by atoms with van der Waals surface area (Å²) in [6.45, 7) is 3.36. The molecule has 0 unspecified atom stereocenters. The number of nitrogens with zero attached hydrogens (tertiary/aromatic N) is 3. The largest absolute Gasteiger partial charge is 0.369 e. The summed E-state index contributed by atoms with van der Waals surface area (Å²) in [5, 5.41) is 0. The topological polar surface area (TPSA) is 47.1 Å². The second-order valence-electron chi connectivity index (χ2n) is 4.39. The standard InChI is InChI=1S/C11H20N4/c1-14-8-10(13-11(14)12)9-15-6-4-2-3-5-7-15/h8H,2-7,9H2,1H3,(H2,12,13). The molecule has 0 saturated carbocycles. The summed E-state index contributed by atoms with van der Waals surface area (Å²) >= 11 is 0. The lowest BCUT2D eigenvalue weighted by Gasteiger charge is -2.17. The second-order valence-corrected chi connectivity index (χ2v) is 4.39. The van der Waals surface area contributed by atoms with Crippen LogP contribution in [0.5, 0.6) is 0 Å². The first-order valence-corrected chi connectivity index (χ1v) is 5.76. The third-order valence-corrected chi connectivity index (χ3v) is 3.05. The van der Waals surface area contributed by atoms with Crippen molar-refractivity contribution in [2.24, 2.45) is 7.05 Å². The molecule has 0 atom stereocenters. The predicted molar refractivity (Wildman–Crippen MR) is 61.4 cm³/mol. The molecule has 0 spiro atoms. The van der Waals surface area contributed by atoms with Crippen molar-refractivity contribution in [3.8, 4) is 0 Å². The number of likely N-dealkylation sites (tertiary alicyclic amines) is 1. The predicted octanol–water partition coefficient (Wildman–Crippen LogP) is 1.38. The van der Waals surface area contributed by atoms with Crippen LogP contribution in [-0.4, -0.2) is 27.5 Å². The molecule has 1 aliphatic rings. The molecule has 15 heavy (non-hydrogen) atoms. The molecule has 4 heteroatoms. The van der Waals surface area contributed by atoms with E-state index in [4.69, 9.17) is 5.73 Å². The maximum Gasteiger partial charge on any atom is 0.200 e. The number of hydrogen-bond acceptors (Lipinski definition) is 3. The number of hydrogen-bond donors (Lipinski definition) is 1. The summed E-state index contributed by atoms with van der Waals surface area (Å²) in [6, 6.07) is 0. The fourth-order valence-corrected chi connectivity index (χ4v) is 2.14. The summed E-state index contributed by atoms with van der Waals surface area (Å²) in [6.07, 6.45) is 7.42. The Bertz CT molecular complexity index is 291. The quantitative estimate of drug-likeness (QED) is 0.798. The molecule has 1 aromatic heterocycles. The van der Waals surface area contributed by atoms with Crippen molar-refractivity contribution in [3.05, 3.63) is 11.9 Å².